The number of fused-ring (bicyclic) bond motifs is 1. The van der Waals surface area contributed by atoms with E-state index in [4.69, 9.17) is 0 Å². The van der Waals surface area contributed by atoms with Crippen LogP contribution in [-0.2, 0) is 21.2 Å². The molecule has 0 unspecified atom stereocenters. The van der Waals surface area contributed by atoms with Crippen LogP contribution in [0.4, 0.5) is 5.95 Å². The van der Waals surface area contributed by atoms with Crippen LogP contribution in [0.25, 0.3) is 0 Å². The van der Waals surface area contributed by atoms with Gasteiger partial charge in [-0.1, -0.05) is 38.2 Å². The SMILES string of the molecule is CS(=O)(=O)c1cccc2c1CN([C@@H](CC1CCCCC1)C(=O)Nc1ncccn1)C2=O. The molecule has 0 radical (unpaired) electrons. The van der Waals surface area contributed by atoms with Crippen molar-refractivity contribution in [2.24, 2.45) is 5.92 Å². The summed E-state index contributed by atoms with van der Waals surface area (Å²) in [6.07, 6.45) is 10.2. The summed E-state index contributed by atoms with van der Waals surface area (Å²) in [4.78, 5) is 36.2. The lowest BCUT2D eigenvalue weighted by Crippen LogP contribution is -2.45. The Kier molecular flexibility index (Phi) is 6.04. The molecular weight excluding hydrogens is 416 g/mol. The van der Waals surface area contributed by atoms with E-state index in [-0.39, 0.29) is 29.2 Å². The summed E-state index contributed by atoms with van der Waals surface area (Å²) in [7, 11) is -3.50. The second kappa shape index (κ2) is 8.74. The Labute approximate surface area is 182 Å². The molecule has 1 aromatic heterocycles. The van der Waals surface area contributed by atoms with Gasteiger partial charge in [-0.3, -0.25) is 14.9 Å². The largest absolute Gasteiger partial charge is 0.322 e. The highest BCUT2D eigenvalue weighted by Crippen LogP contribution is 2.34. The van der Waals surface area contributed by atoms with Gasteiger partial charge in [0.25, 0.3) is 5.91 Å². The molecule has 8 nitrogen and oxygen atoms in total. The molecule has 2 aliphatic rings. The highest BCUT2D eigenvalue weighted by Gasteiger charge is 2.39. The summed E-state index contributed by atoms with van der Waals surface area (Å²) < 4.78 is 24.5. The summed E-state index contributed by atoms with van der Waals surface area (Å²) in [5.41, 5.74) is 0.813. The highest BCUT2D eigenvalue weighted by atomic mass is 32.2. The second-order valence-electron chi connectivity index (χ2n) is 8.30. The lowest BCUT2D eigenvalue weighted by Gasteiger charge is -2.31. The van der Waals surface area contributed by atoms with Crippen LogP contribution < -0.4 is 5.32 Å². The normalized spacial score (nSPS) is 18.0. The number of nitrogens with zero attached hydrogens (tertiary/aromatic N) is 3. The van der Waals surface area contributed by atoms with E-state index in [0.29, 0.717) is 23.5 Å². The van der Waals surface area contributed by atoms with Crippen LogP contribution in [0.5, 0.6) is 0 Å². The summed E-state index contributed by atoms with van der Waals surface area (Å²) >= 11 is 0. The number of anilines is 1. The van der Waals surface area contributed by atoms with E-state index >= 15 is 0 Å². The minimum atomic E-state index is -3.50. The van der Waals surface area contributed by atoms with Crippen molar-refractivity contribution in [1.29, 1.82) is 0 Å². The van der Waals surface area contributed by atoms with Gasteiger partial charge in [0.15, 0.2) is 9.84 Å². The molecule has 1 saturated carbocycles. The third-order valence-corrected chi connectivity index (χ3v) is 7.29. The van der Waals surface area contributed by atoms with Crippen molar-refractivity contribution >= 4 is 27.6 Å². The maximum absolute atomic E-state index is 13.2. The minimum absolute atomic E-state index is 0.0951. The third-order valence-electron chi connectivity index (χ3n) is 6.11. The second-order valence-corrected chi connectivity index (χ2v) is 10.3. The average Bonchev–Trinajstić information content (AvgIpc) is 3.09. The Morgan fingerprint density at radius 2 is 1.87 bits per heavy atom. The zero-order chi connectivity index (χ0) is 22.0. The fourth-order valence-electron chi connectivity index (χ4n) is 4.60. The number of rotatable bonds is 6. The summed E-state index contributed by atoms with van der Waals surface area (Å²) in [6, 6.07) is 5.65. The lowest BCUT2D eigenvalue weighted by atomic mass is 9.84. The van der Waals surface area contributed by atoms with Gasteiger partial charge >= 0.3 is 0 Å². The van der Waals surface area contributed by atoms with Crippen molar-refractivity contribution in [1.82, 2.24) is 14.9 Å². The van der Waals surface area contributed by atoms with Gasteiger partial charge in [0.05, 0.1) is 4.90 Å². The molecule has 2 heterocycles. The van der Waals surface area contributed by atoms with Crippen molar-refractivity contribution in [2.45, 2.75) is 56.0 Å². The first-order valence-corrected chi connectivity index (χ1v) is 12.4. The molecular formula is C22H26N4O4S. The first-order chi connectivity index (χ1) is 14.8. The van der Waals surface area contributed by atoms with Gasteiger partial charge < -0.3 is 4.90 Å². The van der Waals surface area contributed by atoms with E-state index in [1.54, 1.807) is 18.2 Å². The van der Waals surface area contributed by atoms with Gasteiger partial charge in [0.2, 0.25) is 11.9 Å². The number of carbonyl (C=O) groups is 2. The average molecular weight is 443 g/mol. The van der Waals surface area contributed by atoms with Crippen molar-refractivity contribution < 1.29 is 18.0 Å². The Morgan fingerprint density at radius 3 is 2.55 bits per heavy atom. The van der Waals surface area contributed by atoms with E-state index in [2.05, 4.69) is 15.3 Å². The van der Waals surface area contributed by atoms with Crippen molar-refractivity contribution in [2.75, 3.05) is 11.6 Å². The number of carbonyl (C=O) groups excluding carboxylic acids is 2. The molecule has 1 aliphatic heterocycles. The Morgan fingerprint density at radius 1 is 1.16 bits per heavy atom. The summed E-state index contributed by atoms with van der Waals surface area (Å²) in [5.74, 6) is -0.140. The van der Waals surface area contributed by atoms with Gasteiger partial charge in [-0.05, 0) is 30.5 Å². The van der Waals surface area contributed by atoms with Crippen LogP contribution in [-0.4, -0.2) is 47.4 Å². The van der Waals surface area contributed by atoms with Crippen LogP contribution in [0.15, 0.2) is 41.6 Å². The molecule has 31 heavy (non-hydrogen) atoms. The van der Waals surface area contributed by atoms with E-state index in [1.165, 1.54) is 29.8 Å². The summed E-state index contributed by atoms with van der Waals surface area (Å²) in [6.45, 7) is 0.0951. The van der Waals surface area contributed by atoms with Gasteiger partial charge in [0.1, 0.15) is 6.04 Å². The van der Waals surface area contributed by atoms with E-state index in [9.17, 15) is 18.0 Å². The Balaban J connectivity index is 1.64. The molecule has 1 N–H and O–H groups in total. The maximum Gasteiger partial charge on any atom is 0.255 e. The van der Waals surface area contributed by atoms with E-state index < -0.39 is 15.9 Å². The smallest absolute Gasteiger partial charge is 0.255 e. The molecule has 1 atom stereocenters. The van der Waals surface area contributed by atoms with Crippen molar-refractivity contribution in [3.63, 3.8) is 0 Å². The molecule has 1 aromatic carbocycles. The predicted molar refractivity (Wildman–Crippen MR) is 115 cm³/mol. The minimum Gasteiger partial charge on any atom is -0.322 e. The molecule has 1 aliphatic carbocycles. The first kappa shape index (κ1) is 21.4. The standard InChI is InChI=1S/C22H26N4O4S/c1-31(29,30)19-10-5-9-16-17(19)14-26(21(16)28)18(13-15-7-3-2-4-8-15)20(27)25-22-23-11-6-12-24-22/h5-6,9-12,15,18H,2-4,7-8,13-14H2,1H3,(H,23,24,25,27)/t18-/m0/s1. The van der Waals surface area contributed by atoms with Gasteiger partial charge in [-0.2, -0.15) is 0 Å². The number of benzene rings is 1. The van der Waals surface area contributed by atoms with Crippen molar-refractivity contribution in [3.05, 3.63) is 47.8 Å². The third kappa shape index (κ3) is 4.61. The first-order valence-electron chi connectivity index (χ1n) is 10.6. The maximum atomic E-state index is 13.2. The number of hydrogen-bond donors (Lipinski definition) is 1. The van der Waals surface area contributed by atoms with Gasteiger partial charge in [-0.15, -0.1) is 0 Å². The van der Waals surface area contributed by atoms with E-state index in [0.717, 1.165) is 31.9 Å². The molecule has 4 rings (SSSR count). The number of nitrogens with one attached hydrogen (secondary N) is 1. The summed E-state index contributed by atoms with van der Waals surface area (Å²) in [5, 5.41) is 2.73. The number of hydrogen-bond acceptors (Lipinski definition) is 6. The van der Waals surface area contributed by atoms with Crippen LogP contribution in [0.1, 0.15) is 54.4 Å². The Bertz CT molecular complexity index is 1080. The quantitative estimate of drug-likeness (QED) is 0.737. The molecule has 9 heteroatoms. The van der Waals surface area contributed by atoms with Gasteiger partial charge in [-0.25, -0.2) is 18.4 Å². The fourth-order valence-corrected chi connectivity index (χ4v) is 5.54. The fraction of sp³-hybridized carbons (Fsp3) is 0.455. The van der Waals surface area contributed by atoms with E-state index in [1.807, 2.05) is 0 Å². The lowest BCUT2D eigenvalue weighted by molar-refractivity contribution is -0.121. The topological polar surface area (TPSA) is 109 Å². The monoisotopic (exact) mass is 442 g/mol. The number of sulfone groups is 1. The van der Waals surface area contributed by atoms with Crippen LogP contribution in [0.3, 0.4) is 0 Å². The number of amides is 2. The predicted octanol–water partition coefficient (Wildman–Crippen LogP) is 2.81. The van der Waals surface area contributed by atoms with Crippen molar-refractivity contribution in [3.8, 4) is 0 Å². The van der Waals surface area contributed by atoms with Crippen LogP contribution in [0, 0.1) is 5.92 Å². The van der Waals surface area contributed by atoms with Crippen LogP contribution >= 0.6 is 0 Å². The Hall–Kier alpha value is -2.81. The molecule has 0 saturated heterocycles. The molecule has 2 aromatic rings. The molecule has 0 bridgehead atoms. The molecule has 0 spiro atoms. The molecule has 1 fully saturated rings. The zero-order valence-corrected chi connectivity index (χ0v) is 18.3. The zero-order valence-electron chi connectivity index (χ0n) is 17.5. The van der Waals surface area contributed by atoms with Gasteiger partial charge in [0, 0.05) is 36.3 Å². The molecule has 2 amide bonds. The molecule has 164 valence electrons. The number of aromatic nitrogens is 2. The van der Waals surface area contributed by atoms with Crippen LogP contribution in [0.2, 0.25) is 0 Å². The highest BCUT2D eigenvalue weighted by molar-refractivity contribution is 7.90.